The van der Waals surface area contributed by atoms with Gasteiger partial charge < -0.3 is 30.6 Å². The summed E-state index contributed by atoms with van der Waals surface area (Å²) in [6, 6.07) is 0. The molecule has 3 rings (SSSR count). The summed E-state index contributed by atoms with van der Waals surface area (Å²) in [4.78, 5) is 0. The van der Waals surface area contributed by atoms with E-state index in [0.29, 0.717) is 24.7 Å². The van der Waals surface area contributed by atoms with Gasteiger partial charge in [-0.15, -0.1) is 0 Å². The summed E-state index contributed by atoms with van der Waals surface area (Å²) in [6.45, 7) is 6.17. The van der Waals surface area contributed by atoms with E-state index in [9.17, 15) is 30.6 Å². The Morgan fingerprint density at radius 3 is 1.67 bits per heavy atom. The van der Waals surface area contributed by atoms with Crippen LogP contribution in [0.4, 0.5) is 0 Å². The summed E-state index contributed by atoms with van der Waals surface area (Å²) in [7, 11) is 0. The van der Waals surface area contributed by atoms with Crippen molar-refractivity contribution < 1.29 is 30.6 Å². The summed E-state index contributed by atoms with van der Waals surface area (Å²) in [6.07, 6.45) is 8.90. The number of hydrogen-bond donors (Lipinski definition) is 6. The summed E-state index contributed by atoms with van der Waals surface area (Å²) in [5.74, 6) is 1.22. The molecule has 0 aromatic heterocycles. The SMILES string of the molecule is CC1CC(O)CCCC1O.CC1CCC(O)CC(O)C1.CC1CCCC(O)CC1O. The van der Waals surface area contributed by atoms with Crippen LogP contribution in [-0.4, -0.2) is 67.3 Å². The Morgan fingerprint density at radius 2 is 1.00 bits per heavy atom. The Hall–Kier alpha value is -0.240. The molecule has 180 valence electrons. The monoisotopic (exact) mass is 432 g/mol. The van der Waals surface area contributed by atoms with Gasteiger partial charge in [-0.25, -0.2) is 0 Å². The largest absolute Gasteiger partial charge is 0.393 e. The highest BCUT2D eigenvalue weighted by Crippen LogP contribution is 2.24. The van der Waals surface area contributed by atoms with Crippen LogP contribution in [0, 0.1) is 17.8 Å². The van der Waals surface area contributed by atoms with Crippen molar-refractivity contribution in [2.75, 3.05) is 0 Å². The van der Waals surface area contributed by atoms with Crippen LogP contribution in [0.25, 0.3) is 0 Å². The van der Waals surface area contributed by atoms with Crippen molar-refractivity contribution in [3.8, 4) is 0 Å². The van der Waals surface area contributed by atoms with E-state index in [1.54, 1.807) is 0 Å². The van der Waals surface area contributed by atoms with E-state index >= 15 is 0 Å². The molecule has 9 atom stereocenters. The summed E-state index contributed by atoms with van der Waals surface area (Å²) in [5, 5.41) is 55.7. The second-order valence-electron chi connectivity index (χ2n) is 10.2. The van der Waals surface area contributed by atoms with Crippen LogP contribution < -0.4 is 0 Å². The van der Waals surface area contributed by atoms with Crippen LogP contribution in [0.5, 0.6) is 0 Å². The summed E-state index contributed by atoms with van der Waals surface area (Å²) >= 11 is 0. The van der Waals surface area contributed by atoms with Crippen LogP contribution in [0.15, 0.2) is 0 Å². The minimum absolute atomic E-state index is 0.174. The van der Waals surface area contributed by atoms with Gasteiger partial charge in [0.25, 0.3) is 0 Å². The van der Waals surface area contributed by atoms with Gasteiger partial charge in [0, 0.05) is 0 Å². The van der Waals surface area contributed by atoms with Crippen molar-refractivity contribution >= 4 is 0 Å². The van der Waals surface area contributed by atoms with E-state index < -0.39 is 0 Å². The molecule has 0 aromatic carbocycles. The predicted octanol–water partition coefficient (Wildman–Crippen LogP) is 2.75. The first-order valence-electron chi connectivity index (χ1n) is 12.2. The lowest BCUT2D eigenvalue weighted by Gasteiger charge is -2.15. The van der Waals surface area contributed by atoms with E-state index in [2.05, 4.69) is 6.92 Å². The molecule has 6 N–H and O–H groups in total. The van der Waals surface area contributed by atoms with Crippen molar-refractivity contribution in [1.29, 1.82) is 0 Å². The van der Waals surface area contributed by atoms with Gasteiger partial charge in [-0.05, 0) is 88.4 Å². The maximum absolute atomic E-state index is 9.37. The smallest absolute Gasteiger partial charge is 0.0590 e. The Labute approximate surface area is 183 Å². The molecule has 3 fully saturated rings. The first-order valence-corrected chi connectivity index (χ1v) is 12.2. The number of aliphatic hydroxyl groups excluding tert-OH is 6. The van der Waals surface area contributed by atoms with Crippen LogP contribution >= 0.6 is 0 Å². The Morgan fingerprint density at radius 1 is 0.433 bits per heavy atom. The molecule has 0 aromatic rings. The topological polar surface area (TPSA) is 121 Å². The van der Waals surface area contributed by atoms with Crippen LogP contribution in [0.1, 0.15) is 97.8 Å². The van der Waals surface area contributed by atoms with Crippen LogP contribution in [-0.2, 0) is 0 Å². The zero-order chi connectivity index (χ0) is 22.7. The van der Waals surface area contributed by atoms with E-state index in [4.69, 9.17) is 0 Å². The van der Waals surface area contributed by atoms with Gasteiger partial charge in [0.15, 0.2) is 0 Å². The summed E-state index contributed by atoms with van der Waals surface area (Å²) in [5.41, 5.74) is 0. The fourth-order valence-corrected chi connectivity index (χ4v) is 4.64. The molecule has 9 unspecified atom stereocenters. The van der Waals surface area contributed by atoms with E-state index in [0.717, 1.165) is 64.2 Å². The highest BCUT2D eigenvalue weighted by molar-refractivity contribution is 4.75. The van der Waals surface area contributed by atoms with Crippen molar-refractivity contribution in [1.82, 2.24) is 0 Å². The molecular formula is C24H48O6. The van der Waals surface area contributed by atoms with Crippen molar-refractivity contribution in [2.45, 2.75) is 134 Å². The standard InChI is InChI=1S/3C8H16O2/c1-6-2-3-7(9)5-8(10)4-6;1-6-5-7(9)3-2-4-8(6)10;1-6-3-2-4-7(9)5-8(6)10/h3*6-10H,2-5H2,1H3. The van der Waals surface area contributed by atoms with E-state index in [1.165, 1.54) is 0 Å². The maximum Gasteiger partial charge on any atom is 0.0590 e. The van der Waals surface area contributed by atoms with Gasteiger partial charge in [0.1, 0.15) is 0 Å². The molecule has 0 radical (unpaired) electrons. The van der Waals surface area contributed by atoms with Crippen molar-refractivity contribution in [3.63, 3.8) is 0 Å². The zero-order valence-electron chi connectivity index (χ0n) is 19.4. The first kappa shape index (κ1) is 27.8. The summed E-state index contributed by atoms with van der Waals surface area (Å²) < 4.78 is 0. The van der Waals surface area contributed by atoms with Crippen molar-refractivity contribution in [3.05, 3.63) is 0 Å². The minimum Gasteiger partial charge on any atom is -0.393 e. The molecule has 0 heterocycles. The Balaban J connectivity index is 0.000000225. The van der Waals surface area contributed by atoms with Gasteiger partial charge in [-0.2, -0.15) is 0 Å². The molecule has 0 spiro atoms. The molecule has 6 nitrogen and oxygen atoms in total. The van der Waals surface area contributed by atoms with E-state index in [1.807, 2.05) is 13.8 Å². The molecule has 0 amide bonds. The van der Waals surface area contributed by atoms with Gasteiger partial charge in [0.05, 0.1) is 36.6 Å². The fourth-order valence-electron chi connectivity index (χ4n) is 4.64. The minimum atomic E-state index is -0.280. The van der Waals surface area contributed by atoms with Crippen LogP contribution in [0.3, 0.4) is 0 Å². The third-order valence-corrected chi connectivity index (χ3v) is 6.92. The highest BCUT2D eigenvalue weighted by Gasteiger charge is 2.23. The normalized spacial score (nSPS) is 42.9. The second-order valence-corrected chi connectivity index (χ2v) is 10.2. The molecule has 0 aliphatic heterocycles. The predicted molar refractivity (Wildman–Crippen MR) is 119 cm³/mol. The molecular weight excluding hydrogens is 384 g/mol. The molecule has 30 heavy (non-hydrogen) atoms. The van der Waals surface area contributed by atoms with Gasteiger partial charge >= 0.3 is 0 Å². The maximum atomic E-state index is 9.37. The lowest BCUT2D eigenvalue weighted by Crippen LogP contribution is -2.20. The van der Waals surface area contributed by atoms with Crippen LogP contribution in [0.2, 0.25) is 0 Å². The fraction of sp³-hybridized carbons (Fsp3) is 1.00. The molecule has 0 bridgehead atoms. The van der Waals surface area contributed by atoms with Gasteiger partial charge in [0.2, 0.25) is 0 Å². The molecule has 3 aliphatic carbocycles. The Bertz CT molecular complexity index is 396. The number of hydrogen-bond acceptors (Lipinski definition) is 6. The van der Waals surface area contributed by atoms with Gasteiger partial charge in [-0.3, -0.25) is 0 Å². The average molecular weight is 433 g/mol. The number of rotatable bonds is 0. The second kappa shape index (κ2) is 14.8. The zero-order valence-corrected chi connectivity index (χ0v) is 19.4. The van der Waals surface area contributed by atoms with Crippen molar-refractivity contribution in [2.24, 2.45) is 17.8 Å². The molecule has 6 heteroatoms. The molecule has 0 saturated heterocycles. The quantitative estimate of drug-likeness (QED) is 0.327. The third-order valence-electron chi connectivity index (χ3n) is 6.92. The lowest BCUT2D eigenvalue weighted by molar-refractivity contribution is 0.0610. The molecule has 3 aliphatic rings. The third kappa shape index (κ3) is 12.0. The molecule has 3 saturated carbocycles. The highest BCUT2D eigenvalue weighted by atomic mass is 16.3. The first-order chi connectivity index (χ1) is 14.1. The Kier molecular flexibility index (Phi) is 13.7. The number of aliphatic hydroxyl groups is 6. The lowest BCUT2D eigenvalue weighted by atomic mass is 9.99. The van der Waals surface area contributed by atoms with Gasteiger partial charge in [-0.1, -0.05) is 27.2 Å². The van der Waals surface area contributed by atoms with E-state index in [-0.39, 0.29) is 42.5 Å². The average Bonchev–Trinajstić information content (AvgIpc) is 2.97.